The highest BCUT2D eigenvalue weighted by Gasteiger charge is 2.39. The third kappa shape index (κ3) is 4.30. The highest BCUT2D eigenvalue weighted by Crippen LogP contribution is 2.24. The van der Waals surface area contributed by atoms with E-state index in [1.54, 1.807) is 6.07 Å². The lowest BCUT2D eigenvalue weighted by Crippen LogP contribution is -2.43. The van der Waals surface area contributed by atoms with Gasteiger partial charge in [-0.15, -0.1) is 0 Å². The molecule has 2 amide bonds. The fourth-order valence-electron chi connectivity index (χ4n) is 2.43. The number of ether oxygens (including phenoxy) is 2. The van der Waals surface area contributed by atoms with E-state index in [2.05, 4.69) is 5.32 Å². The summed E-state index contributed by atoms with van der Waals surface area (Å²) in [6.45, 7) is -1.37. The summed E-state index contributed by atoms with van der Waals surface area (Å²) < 4.78 is 47.3. The summed E-state index contributed by atoms with van der Waals surface area (Å²) in [6, 6.07) is 3.50. The largest absolute Gasteiger partial charge is 0.497 e. The molecule has 1 aliphatic rings. The number of carbonyl (C=O) groups is 2. The minimum Gasteiger partial charge on any atom is -0.497 e. The first-order valence-corrected chi connectivity index (χ1v) is 7.13. The number of alkyl halides is 3. The standard InChI is InChI=1S/C15H17F3N2O4/c1-23-10-5-9(6-11(7-10)24-2)13(21)19-12-3-4-20(14(12)22)8-15(16,17)18/h5-7,12H,3-4,8H2,1-2H3,(H,19,21)/t12-/m1/s1. The summed E-state index contributed by atoms with van der Waals surface area (Å²) in [7, 11) is 2.85. The quantitative estimate of drug-likeness (QED) is 0.879. The number of rotatable bonds is 5. The maximum Gasteiger partial charge on any atom is 0.406 e. The van der Waals surface area contributed by atoms with Gasteiger partial charge in [-0.05, 0) is 18.6 Å². The molecule has 132 valence electrons. The molecule has 0 aliphatic carbocycles. The molecule has 24 heavy (non-hydrogen) atoms. The van der Waals surface area contributed by atoms with Gasteiger partial charge in [-0.3, -0.25) is 9.59 Å². The molecule has 0 aromatic heterocycles. The molecule has 1 fully saturated rings. The zero-order chi connectivity index (χ0) is 17.9. The number of amides is 2. The Bertz CT molecular complexity index is 611. The van der Waals surface area contributed by atoms with Gasteiger partial charge in [-0.25, -0.2) is 0 Å². The number of carbonyl (C=O) groups excluding carboxylic acids is 2. The second-order valence-electron chi connectivity index (χ2n) is 5.29. The topological polar surface area (TPSA) is 67.9 Å². The van der Waals surface area contributed by atoms with E-state index in [9.17, 15) is 22.8 Å². The van der Waals surface area contributed by atoms with E-state index in [0.717, 1.165) is 0 Å². The van der Waals surface area contributed by atoms with Gasteiger partial charge in [0.1, 0.15) is 24.1 Å². The molecule has 0 unspecified atom stereocenters. The molecule has 0 bridgehead atoms. The third-order valence-electron chi connectivity index (χ3n) is 3.59. The van der Waals surface area contributed by atoms with E-state index in [0.29, 0.717) is 16.4 Å². The predicted octanol–water partition coefficient (Wildman–Crippen LogP) is 1.60. The van der Waals surface area contributed by atoms with Crippen molar-refractivity contribution in [3.05, 3.63) is 23.8 Å². The zero-order valence-electron chi connectivity index (χ0n) is 13.1. The summed E-state index contributed by atoms with van der Waals surface area (Å²) in [5, 5.41) is 2.45. The molecule has 1 heterocycles. The van der Waals surface area contributed by atoms with E-state index >= 15 is 0 Å². The fourth-order valence-corrected chi connectivity index (χ4v) is 2.43. The second-order valence-corrected chi connectivity index (χ2v) is 5.29. The van der Waals surface area contributed by atoms with Crippen molar-refractivity contribution in [3.63, 3.8) is 0 Å². The number of nitrogens with one attached hydrogen (secondary N) is 1. The van der Waals surface area contributed by atoms with E-state index in [1.807, 2.05) is 0 Å². The van der Waals surface area contributed by atoms with Crippen molar-refractivity contribution in [2.75, 3.05) is 27.3 Å². The minimum atomic E-state index is -4.46. The number of hydrogen-bond acceptors (Lipinski definition) is 4. The summed E-state index contributed by atoms with van der Waals surface area (Å²) in [6.07, 6.45) is -4.34. The van der Waals surface area contributed by atoms with Crippen molar-refractivity contribution >= 4 is 11.8 Å². The van der Waals surface area contributed by atoms with Crippen LogP contribution in [-0.4, -0.2) is 56.2 Å². The van der Waals surface area contributed by atoms with Crippen molar-refractivity contribution in [2.45, 2.75) is 18.6 Å². The summed E-state index contributed by atoms with van der Waals surface area (Å²) >= 11 is 0. The fraction of sp³-hybridized carbons (Fsp3) is 0.467. The molecule has 1 atom stereocenters. The van der Waals surface area contributed by atoms with Gasteiger partial charge in [0, 0.05) is 18.2 Å². The number of benzene rings is 1. The number of hydrogen-bond donors (Lipinski definition) is 1. The highest BCUT2D eigenvalue weighted by molar-refractivity contribution is 5.98. The number of methoxy groups -OCH3 is 2. The van der Waals surface area contributed by atoms with Gasteiger partial charge >= 0.3 is 6.18 Å². The average molecular weight is 346 g/mol. The molecule has 1 aliphatic heterocycles. The van der Waals surface area contributed by atoms with Gasteiger partial charge in [-0.1, -0.05) is 0 Å². The van der Waals surface area contributed by atoms with Crippen molar-refractivity contribution in [1.82, 2.24) is 10.2 Å². The Hall–Kier alpha value is -2.45. The van der Waals surface area contributed by atoms with Gasteiger partial charge < -0.3 is 19.7 Å². The monoisotopic (exact) mass is 346 g/mol. The number of halogens is 3. The Morgan fingerprint density at radius 1 is 1.25 bits per heavy atom. The molecule has 1 saturated heterocycles. The lowest BCUT2D eigenvalue weighted by molar-refractivity contribution is -0.157. The lowest BCUT2D eigenvalue weighted by Gasteiger charge is -2.18. The minimum absolute atomic E-state index is 0.0509. The molecule has 2 rings (SSSR count). The highest BCUT2D eigenvalue weighted by atomic mass is 19.4. The first kappa shape index (κ1) is 17.9. The molecule has 1 N–H and O–H groups in total. The maximum atomic E-state index is 12.4. The van der Waals surface area contributed by atoms with E-state index in [4.69, 9.17) is 9.47 Å². The Morgan fingerprint density at radius 2 is 1.83 bits per heavy atom. The molecule has 1 aromatic rings. The Kier molecular flexibility index (Phi) is 5.20. The van der Waals surface area contributed by atoms with Crippen LogP contribution in [0.3, 0.4) is 0 Å². The predicted molar refractivity (Wildman–Crippen MR) is 78.1 cm³/mol. The van der Waals surface area contributed by atoms with Crippen LogP contribution < -0.4 is 14.8 Å². The van der Waals surface area contributed by atoms with Gasteiger partial charge in [0.25, 0.3) is 5.91 Å². The van der Waals surface area contributed by atoms with Crippen LogP contribution in [0.2, 0.25) is 0 Å². The van der Waals surface area contributed by atoms with Crippen molar-refractivity contribution in [1.29, 1.82) is 0 Å². The van der Waals surface area contributed by atoms with Gasteiger partial charge in [0.05, 0.1) is 14.2 Å². The molecular formula is C15H17F3N2O4. The maximum absolute atomic E-state index is 12.4. The van der Waals surface area contributed by atoms with Crippen molar-refractivity contribution in [2.24, 2.45) is 0 Å². The lowest BCUT2D eigenvalue weighted by atomic mass is 10.1. The Labute approximate surface area is 136 Å². The van der Waals surface area contributed by atoms with Crippen molar-refractivity contribution in [3.8, 4) is 11.5 Å². The summed E-state index contributed by atoms with van der Waals surface area (Å²) in [4.78, 5) is 24.9. The molecule has 6 nitrogen and oxygen atoms in total. The Balaban J connectivity index is 2.06. The first-order chi connectivity index (χ1) is 11.2. The van der Waals surface area contributed by atoms with E-state index < -0.39 is 30.6 Å². The summed E-state index contributed by atoms with van der Waals surface area (Å²) in [5.41, 5.74) is 0.188. The molecule has 9 heteroatoms. The van der Waals surface area contributed by atoms with Crippen LogP contribution in [0.25, 0.3) is 0 Å². The van der Waals surface area contributed by atoms with Gasteiger partial charge in [0.2, 0.25) is 5.91 Å². The first-order valence-electron chi connectivity index (χ1n) is 7.13. The third-order valence-corrected chi connectivity index (χ3v) is 3.59. The molecule has 0 radical (unpaired) electrons. The SMILES string of the molecule is COc1cc(OC)cc(C(=O)N[C@@H]2CCN(CC(F)(F)F)C2=O)c1. The van der Waals surface area contributed by atoms with Gasteiger partial charge in [-0.2, -0.15) is 13.2 Å². The average Bonchev–Trinajstić information content (AvgIpc) is 2.85. The molecule has 1 aromatic carbocycles. The zero-order valence-corrected chi connectivity index (χ0v) is 13.1. The number of likely N-dealkylation sites (tertiary alicyclic amines) is 1. The number of nitrogens with zero attached hydrogens (tertiary/aromatic N) is 1. The smallest absolute Gasteiger partial charge is 0.406 e. The van der Waals surface area contributed by atoms with Crippen LogP contribution >= 0.6 is 0 Å². The van der Waals surface area contributed by atoms with Crippen LogP contribution in [0.15, 0.2) is 18.2 Å². The van der Waals surface area contributed by atoms with Crippen LogP contribution in [0, 0.1) is 0 Å². The molecular weight excluding hydrogens is 329 g/mol. The Morgan fingerprint density at radius 3 is 2.33 bits per heavy atom. The van der Waals surface area contributed by atoms with Crippen LogP contribution in [0.1, 0.15) is 16.8 Å². The van der Waals surface area contributed by atoms with Gasteiger partial charge in [0.15, 0.2) is 0 Å². The van der Waals surface area contributed by atoms with Crippen molar-refractivity contribution < 1.29 is 32.2 Å². The molecule has 0 spiro atoms. The van der Waals surface area contributed by atoms with Crippen LogP contribution in [0.5, 0.6) is 11.5 Å². The molecule has 0 saturated carbocycles. The van der Waals surface area contributed by atoms with Crippen LogP contribution in [0.4, 0.5) is 13.2 Å². The summed E-state index contributed by atoms with van der Waals surface area (Å²) in [5.74, 6) is -0.554. The normalized spacial score (nSPS) is 17.8. The second kappa shape index (κ2) is 6.98. The van der Waals surface area contributed by atoms with Crippen LogP contribution in [-0.2, 0) is 4.79 Å². The van der Waals surface area contributed by atoms with E-state index in [1.165, 1.54) is 26.4 Å². The van der Waals surface area contributed by atoms with E-state index in [-0.39, 0.29) is 18.5 Å².